The second kappa shape index (κ2) is 8.55. The predicted molar refractivity (Wildman–Crippen MR) is 75.3 cm³/mol. The molecule has 0 fully saturated rings. The van der Waals surface area contributed by atoms with Crippen LogP contribution >= 0.6 is 0 Å². The van der Waals surface area contributed by atoms with E-state index in [1.165, 1.54) is 0 Å². The van der Waals surface area contributed by atoms with E-state index in [1.807, 2.05) is 13.8 Å². The van der Waals surface area contributed by atoms with Gasteiger partial charge in [-0.05, 0) is 39.8 Å². The van der Waals surface area contributed by atoms with Crippen LogP contribution in [0.15, 0.2) is 18.2 Å². The highest BCUT2D eigenvalue weighted by Gasteiger charge is 2.16. The first kappa shape index (κ1) is 16.5. The standard InChI is InChI=1S/C15H22O5/c1-5-17-11(3)19-14-9-7-8-13(10-16)15(14)20-12(4)18-6-2/h7-12H,5-6H2,1-4H3. The first-order chi connectivity index (χ1) is 9.62. The fourth-order valence-electron chi connectivity index (χ4n) is 1.73. The molecule has 2 unspecified atom stereocenters. The smallest absolute Gasteiger partial charge is 0.197 e. The van der Waals surface area contributed by atoms with E-state index >= 15 is 0 Å². The highest BCUT2D eigenvalue weighted by atomic mass is 16.7. The topological polar surface area (TPSA) is 54.0 Å². The zero-order valence-electron chi connectivity index (χ0n) is 12.4. The Kier molecular flexibility index (Phi) is 7.04. The Morgan fingerprint density at radius 2 is 1.65 bits per heavy atom. The summed E-state index contributed by atoms with van der Waals surface area (Å²) in [4.78, 5) is 11.1. The molecule has 112 valence electrons. The largest absolute Gasteiger partial charge is 0.461 e. The maximum Gasteiger partial charge on any atom is 0.197 e. The summed E-state index contributed by atoms with van der Waals surface area (Å²) in [6.07, 6.45) is -0.163. The number of hydrogen-bond donors (Lipinski definition) is 0. The van der Waals surface area contributed by atoms with Gasteiger partial charge in [-0.25, -0.2) is 0 Å². The van der Waals surface area contributed by atoms with Gasteiger partial charge in [0, 0.05) is 13.2 Å². The first-order valence-electron chi connectivity index (χ1n) is 6.77. The maximum absolute atomic E-state index is 11.1. The van der Waals surface area contributed by atoms with Gasteiger partial charge in [-0.1, -0.05) is 6.07 Å². The van der Waals surface area contributed by atoms with Crippen molar-refractivity contribution < 1.29 is 23.7 Å². The molecular weight excluding hydrogens is 260 g/mol. The summed E-state index contributed by atoms with van der Waals surface area (Å²) in [5.74, 6) is 0.831. The summed E-state index contributed by atoms with van der Waals surface area (Å²) < 4.78 is 22.0. The first-order valence-corrected chi connectivity index (χ1v) is 6.77. The average Bonchev–Trinajstić information content (AvgIpc) is 2.41. The van der Waals surface area contributed by atoms with Crippen molar-refractivity contribution >= 4 is 6.29 Å². The Hall–Kier alpha value is -1.59. The van der Waals surface area contributed by atoms with E-state index in [1.54, 1.807) is 32.0 Å². The molecule has 1 aromatic rings. The average molecular weight is 282 g/mol. The Balaban J connectivity index is 2.94. The van der Waals surface area contributed by atoms with Crippen LogP contribution in [0.3, 0.4) is 0 Å². The number of ether oxygens (including phenoxy) is 4. The molecule has 1 aromatic carbocycles. The van der Waals surface area contributed by atoms with Crippen molar-refractivity contribution in [3.05, 3.63) is 23.8 Å². The van der Waals surface area contributed by atoms with Gasteiger partial charge < -0.3 is 18.9 Å². The lowest BCUT2D eigenvalue weighted by molar-refractivity contribution is -0.0767. The van der Waals surface area contributed by atoms with Gasteiger partial charge in [-0.15, -0.1) is 0 Å². The molecule has 0 aromatic heterocycles. The van der Waals surface area contributed by atoms with Crippen LogP contribution in [0.2, 0.25) is 0 Å². The molecule has 0 N–H and O–H groups in total. The zero-order valence-corrected chi connectivity index (χ0v) is 12.4. The van der Waals surface area contributed by atoms with Gasteiger partial charge in [-0.2, -0.15) is 0 Å². The molecule has 5 nitrogen and oxygen atoms in total. The van der Waals surface area contributed by atoms with Crippen molar-refractivity contribution in [2.45, 2.75) is 40.3 Å². The number of hydrogen-bond acceptors (Lipinski definition) is 5. The third-order valence-corrected chi connectivity index (χ3v) is 2.52. The van der Waals surface area contributed by atoms with Crippen molar-refractivity contribution in [3.63, 3.8) is 0 Å². The Labute approximate surface area is 119 Å². The van der Waals surface area contributed by atoms with E-state index in [0.717, 1.165) is 6.29 Å². The van der Waals surface area contributed by atoms with Crippen LogP contribution in [0, 0.1) is 0 Å². The van der Waals surface area contributed by atoms with E-state index in [4.69, 9.17) is 18.9 Å². The van der Waals surface area contributed by atoms with E-state index in [0.29, 0.717) is 30.3 Å². The SMILES string of the molecule is CCOC(C)Oc1cccc(C=O)c1OC(C)OCC. The fraction of sp³-hybridized carbons (Fsp3) is 0.533. The number of rotatable bonds is 9. The number of carbonyl (C=O) groups is 1. The van der Waals surface area contributed by atoms with Crippen LogP contribution in [0.5, 0.6) is 11.5 Å². The molecule has 0 spiro atoms. The van der Waals surface area contributed by atoms with E-state index in [9.17, 15) is 4.79 Å². The van der Waals surface area contributed by atoms with Gasteiger partial charge >= 0.3 is 0 Å². The zero-order chi connectivity index (χ0) is 15.0. The minimum absolute atomic E-state index is 0.370. The Morgan fingerprint density at radius 3 is 2.20 bits per heavy atom. The van der Waals surface area contributed by atoms with E-state index in [2.05, 4.69) is 0 Å². The number of carbonyl (C=O) groups excluding carboxylic acids is 1. The van der Waals surface area contributed by atoms with Crippen LogP contribution in [-0.4, -0.2) is 32.1 Å². The van der Waals surface area contributed by atoms with Crippen LogP contribution in [-0.2, 0) is 9.47 Å². The normalized spacial score (nSPS) is 13.6. The third kappa shape index (κ3) is 4.83. The molecule has 0 bridgehead atoms. The Bertz CT molecular complexity index is 419. The second-order valence-electron chi connectivity index (χ2n) is 4.07. The summed E-state index contributed by atoms with van der Waals surface area (Å²) in [6, 6.07) is 5.13. The van der Waals surface area contributed by atoms with Crippen LogP contribution in [0.1, 0.15) is 38.1 Å². The van der Waals surface area contributed by atoms with Crippen molar-refractivity contribution in [1.82, 2.24) is 0 Å². The minimum atomic E-state index is -0.467. The highest BCUT2D eigenvalue weighted by Crippen LogP contribution is 2.32. The van der Waals surface area contributed by atoms with E-state index in [-0.39, 0.29) is 0 Å². The number of aldehydes is 1. The molecule has 20 heavy (non-hydrogen) atoms. The summed E-state index contributed by atoms with van der Waals surface area (Å²) in [5.41, 5.74) is 0.415. The third-order valence-electron chi connectivity index (χ3n) is 2.52. The molecule has 0 saturated heterocycles. The fourth-order valence-corrected chi connectivity index (χ4v) is 1.73. The molecule has 0 radical (unpaired) electrons. The van der Waals surface area contributed by atoms with Gasteiger partial charge in [0.25, 0.3) is 0 Å². The van der Waals surface area contributed by atoms with Crippen molar-refractivity contribution in [2.24, 2.45) is 0 Å². The van der Waals surface area contributed by atoms with Crippen LogP contribution in [0.4, 0.5) is 0 Å². The highest BCUT2D eigenvalue weighted by molar-refractivity contribution is 5.81. The molecular formula is C15H22O5. The molecule has 0 amide bonds. The molecule has 0 aliphatic rings. The van der Waals surface area contributed by atoms with Gasteiger partial charge in [0.15, 0.2) is 30.4 Å². The van der Waals surface area contributed by atoms with Crippen molar-refractivity contribution in [1.29, 1.82) is 0 Å². The molecule has 5 heteroatoms. The van der Waals surface area contributed by atoms with Gasteiger partial charge in [0.2, 0.25) is 0 Å². The van der Waals surface area contributed by atoms with Crippen molar-refractivity contribution in [2.75, 3.05) is 13.2 Å². The molecule has 0 heterocycles. The lowest BCUT2D eigenvalue weighted by atomic mass is 10.2. The summed E-state index contributed by atoms with van der Waals surface area (Å²) in [7, 11) is 0. The lowest BCUT2D eigenvalue weighted by Crippen LogP contribution is -2.20. The monoisotopic (exact) mass is 282 g/mol. The minimum Gasteiger partial charge on any atom is -0.461 e. The maximum atomic E-state index is 11.1. The second-order valence-corrected chi connectivity index (χ2v) is 4.07. The van der Waals surface area contributed by atoms with Gasteiger partial charge in [0.1, 0.15) is 0 Å². The molecule has 0 aliphatic carbocycles. The van der Waals surface area contributed by atoms with Gasteiger partial charge in [0.05, 0.1) is 5.56 Å². The predicted octanol–water partition coefficient (Wildman–Crippen LogP) is 3.02. The molecule has 0 saturated carbocycles. The Morgan fingerprint density at radius 1 is 1.05 bits per heavy atom. The quantitative estimate of drug-likeness (QED) is 0.515. The summed E-state index contributed by atoms with van der Waals surface area (Å²) in [5, 5.41) is 0. The number of benzene rings is 1. The molecule has 1 rings (SSSR count). The lowest BCUT2D eigenvalue weighted by Gasteiger charge is -2.21. The van der Waals surface area contributed by atoms with Crippen LogP contribution < -0.4 is 9.47 Å². The summed E-state index contributed by atoms with van der Waals surface area (Å²) >= 11 is 0. The van der Waals surface area contributed by atoms with Gasteiger partial charge in [-0.3, -0.25) is 4.79 Å². The number of para-hydroxylation sites is 1. The van der Waals surface area contributed by atoms with Crippen LogP contribution in [0.25, 0.3) is 0 Å². The van der Waals surface area contributed by atoms with E-state index < -0.39 is 12.6 Å². The van der Waals surface area contributed by atoms with Crippen molar-refractivity contribution in [3.8, 4) is 11.5 Å². The molecule has 2 atom stereocenters. The summed E-state index contributed by atoms with van der Waals surface area (Å²) in [6.45, 7) is 8.38. The molecule has 0 aliphatic heterocycles.